The monoisotopic (exact) mass is 564 g/mol. The summed E-state index contributed by atoms with van der Waals surface area (Å²) in [6.07, 6.45) is 15.2. The van der Waals surface area contributed by atoms with Crippen molar-refractivity contribution in [3.05, 3.63) is 81.4 Å². The Hall–Kier alpha value is -2.64. The van der Waals surface area contributed by atoms with E-state index in [9.17, 15) is 0 Å². The van der Waals surface area contributed by atoms with Gasteiger partial charge in [0.25, 0.3) is 0 Å². The molecule has 6 aromatic rings. The van der Waals surface area contributed by atoms with E-state index in [0.29, 0.717) is 0 Å². The number of hydrogen-bond donors (Lipinski definition) is 0. The molecule has 0 aliphatic rings. The van der Waals surface area contributed by atoms with Gasteiger partial charge in [-0.05, 0) is 65.1 Å². The molecule has 3 heteroatoms. The van der Waals surface area contributed by atoms with Crippen LogP contribution in [0.4, 0.5) is 0 Å². The minimum Gasteiger partial charge on any atom is -0.140 e. The number of aryl methyl sites for hydroxylation is 1. The van der Waals surface area contributed by atoms with Crippen LogP contribution in [0.1, 0.15) is 85.8 Å². The van der Waals surface area contributed by atoms with Gasteiger partial charge in [-0.1, -0.05) is 107 Å². The molecule has 0 amide bonds. The average Bonchev–Trinajstić information content (AvgIpc) is 3.68. The van der Waals surface area contributed by atoms with Gasteiger partial charge >= 0.3 is 0 Å². The second-order valence-electron chi connectivity index (χ2n) is 10.7. The number of unbranched alkanes of at least 4 members (excludes halogenated alkanes) is 9. The molecule has 0 nitrogen and oxygen atoms in total. The molecule has 0 atom stereocenters. The third-order valence-electron chi connectivity index (χ3n) is 7.72. The Morgan fingerprint density at radius 1 is 0.538 bits per heavy atom. The maximum atomic E-state index is 3.45. The lowest BCUT2D eigenvalue weighted by Gasteiger charge is -2.02. The second kappa shape index (κ2) is 12.7. The van der Waals surface area contributed by atoms with E-state index in [4.69, 9.17) is 0 Å². The van der Waals surface area contributed by atoms with Gasteiger partial charge in [0.05, 0.1) is 9.75 Å². The summed E-state index contributed by atoms with van der Waals surface area (Å²) in [6.45, 7) is 2.29. The fraction of sp³-hybridized carbons (Fsp3) is 0.333. The first-order valence-electron chi connectivity index (χ1n) is 14.7. The molecule has 0 N–H and O–H groups in total. The highest BCUT2D eigenvalue weighted by Gasteiger charge is 2.11. The summed E-state index contributed by atoms with van der Waals surface area (Å²) in [5.41, 5.74) is 0. The van der Waals surface area contributed by atoms with Crippen molar-refractivity contribution in [3.8, 4) is 11.8 Å². The molecule has 3 aromatic heterocycles. The van der Waals surface area contributed by atoms with Gasteiger partial charge in [-0.3, -0.25) is 0 Å². The highest BCUT2D eigenvalue weighted by Crippen LogP contribution is 2.39. The zero-order valence-electron chi connectivity index (χ0n) is 22.9. The van der Waals surface area contributed by atoms with Gasteiger partial charge in [0, 0.05) is 29.7 Å². The zero-order valence-corrected chi connectivity index (χ0v) is 25.3. The molecule has 0 bridgehead atoms. The van der Waals surface area contributed by atoms with Crippen LogP contribution in [0.3, 0.4) is 0 Å². The lowest BCUT2D eigenvalue weighted by atomic mass is 10.0. The summed E-state index contributed by atoms with van der Waals surface area (Å²) in [5, 5.41) is 6.74. The quantitative estimate of drug-likeness (QED) is 0.108. The first-order chi connectivity index (χ1) is 19.3. The van der Waals surface area contributed by atoms with E-state index in [1.807, 2.05) is 22.7 Å². The predicted molar refractivity (Wildman–Crippen MR) is 178 cm³/mol. The van der Waals surface area contributed by atoms with Crippen LogP contribution in [0.25, 0.3) is 41.0 Å². The number of thiophene rings is 3. The van der Waals surface area contributed by atoms with Crippen LogP contribution in [0.15, 0.2) is 66.7 Å². The predicted octanol–water partition coefficient (Wildman–Crippen LogP) is 12.3. The number of rotatable bonds is 11. The number of fused-ring (bicyclic) bond motifs is 6. The van der Waals surface area contributed by atoms with Gasteiger partial charge in [-0.15, -0.1) is 34.0 Å². The minimum atomic E-state index is 1.13. The van der Waals surface area contributed by atoms with E-state index in [-0.39, 0.29) is 0 Å². The van der Waals surface area contributed by atoms with Crippen molar-refractivity contribution in [3.63, 3.8) is 0 Å². The zero-order chi connectivity index (χ0) is 26.4. The number of hydrogen-bond acceptors (Lipinski definition) is 3. The van der Waals surface area contributed by atoms with E-state index in [0.717, 1.165) is 9.75 Å². The van der Waals surface area contributed by atoms with Crippen LogP contribution in [0, 0.1) is 11.8 Å². The molecule has 0 spiro atoms. The van der Waals surface area contributed by atoms with Crippen molar-refractivity contribution in [2.75, 3.05) is 0 Å². The molecule has 6 rings (SSSR count). The van der Waals surface area contributed by atoms with Gasteiger partial charge < -0.3 is 0 Å². The van der Waals surface area contributed by atoms with Gasteiger partial charge in [0.1, 0.15) is 0 Å². The first kappa shape index (κ1) is 26.6. The topological polar surface area (TPSA) is 0 Å². The SMILES string of the molecule is CCCCCCCCCCCCc1cc2ccc3c(ccc4cc(C#Cc5cc6ccccc6s5)sc43)c2s1. The lowest BCUT2D eigenvalue weighted by Crippen LogP contribution is -1.84. The fourth-order valence-electron chi connectivity index (χ4n) is 5.59. The summed E-state index contributed by atoms with van der Waals surface area (Å²) in [5.74, 6) is 6.87. The van der Waals surface area contributed by atoms with Crippen molar-refractivity contribution in [2.24, 2.45) is 0 Å². The summed E-state index contributed by atoms with van der Waals surface area (Å²) in [7, 11) is 0. The molecular weight excluding hydrogens is 529 g/mol. The smallest absolute Gasteiger partial charge is 0.0785 e. The summed E-state index contributed by atoms with van der Waals surface area (Å²) < 4.78 is 4.11. The van der Waals surface area contributed by atoms with E-state index in [1.165, 1.54) is 112 Å². The molecule has 0 saturated carbocycles. The van der Waals surface area contributed by atoms with Crippen LogP contribution >= 0.6 is 34.0 Å². The third kappa shape index (κ3) is 6.25. The van der Waals surface area contributed by atoms with Gasteiger partial charge in [-0.25, -0.2) is 0 Å². The van der Waals surface area contributed by atoms with Crippen LogP contribution in [0.2, 0.25) is 0 Å². The van der Waals surface area contributed by atoms with Crippen molar-refractivity contribution >= 4 is 75.0 Å². The highest BCUT2D eigenvalue weighted by molar-refractivity contribution is 7.21. The Morgan fingerprint density at radius 3 is 1.85 bits per heavy atom. The van der Waals surface area contributed by atoms with Crippen molar-refractivity contribution in [1.29, 1.82) is 0 Å². The van der Waals surface area contributed by atoms with Crippen LogP contribution in [-0.2, 0) is 6.42 Å². The largest absolute Gasteiger partial charge is 0.140 e. The molecule has 198 valence electrons. The molecule has 39 heavy (non-hydrogen) atoms. The third-order valence-corrected chi connectivity index (χ3v) is 11.1. The Kier molecular flexibility index (Phi) is 8.65. The van der Waals surface area contributed by atoms with Crippen molar-refractivity contribution < 1.29 is 0 Å². The average molecular weight is 565 g/mol. The minimum absolute atomic E-state index is 1.13. The van der Waals surface area contributed by atoms with E-state index < -0.39 is 0 Å². The molecule has 0 fully saturated rings. The fourth-order valence-corrected chi connectivity index (χ4v) is 8.78. The molecule has 0 unspecified atom stereocenters. The Labute approximate surface area is 244 Å². The summed E-state index contributed by atoms with van der Waals surface area (Å²) in [6, 6.07) is 24.7. The van der Waals surface area contributed by atoms with Crippen LogP contribution in [-0.4, -0.2) is 0 Å². The highest BCUT2D eigenvalue weighted by atomic mass is 32.1. The maximum Gasteiger partial charge on any atom is 0.0785 e. The standard InChI is InChI=1S/C36H36S3/c1-2-3-4-5-6-7-8-9-10-11-15-29-24-27-17-21-33-32(35(27)38-29)22-18-28-25-31(39-36(28)33)20-19-30-23-26-14-12-13-16-34(26)37-30/h12-14,16-18,21-25H,2-11,15H2,1H3. The molecule has 0 radical (unpaired) electrons. The Morgan fingerprint density at radius 2 is 1.13 bits per heavy atom. The summed E-state index contributed by atoms with van der Waals surface area (Å²) >= 11 is 5.62. The normalized spacial score (nSPS) is 11.6. The lowest BCUT2D eigenvalue weighted by molar-refractivity contribution is 0.557. The van der Waals surface area contributed by atoms with Crippen LogP contribution in [0.5, 0.6) is 0 Å². The Bertz CT molecular complexity index is 1730. The molecule has 0 aliphatic heterocycles. The Balaban J connectivity index is 1.12. The molecule has 0 aliphatic carbocycles. The molecule has 0 saturated heterocycles. The second-order valence-corrected chi connectivity index (χ2v) is 14.0. The van der Waals surface area contributed by atoms with Crippen molar-refractivity contribution in [2.45, 2.75) is 77.6 Å². The van der Waals surface area contributed by atoms with Crippen LogP contribution < -0.4 is 0 Å². The molecular formula is C36H36S3. The molecule has 3 heterocycles. The maximum absolute atomic E-state index is 3.45. The van der Waals surface area contributed by atoms with E-state index >= 15 is 0 Å². The van der Waals surface area contributed by atoms with E-state index in [2.05, 4.69) is 85.5 Å². The summed E-state index contributed by atoms with van der Waals surface area (Å²) in [4.78, 5) is 3.81. The van der Waals surface area contributed by atoms with Gasteiger partial charge in [-0.2, -0.15) is 0 Å². The first-order valence-corrected chi connectivity index (χ1v) is 17.1. The van der Waals surface area contributed by atoms with Gasteiger partial charge in [0.2, 0.25) is 0 Å². The molecule has 3 aromatic carbocycles. The van der Waals surface area contributed by atoms with Gasteiger partial charge in [0.15, 0.2) is 0 Å². The number of benzene rings is 3. The van der Waals surface area contributed by atoms with Crippen molar-refractivity contribution in [1.82, 2.24) is 0 Å². The van der Waals surface area contributed by atoms with E-state index in [1.54, 1.807) is 16.2 Å².